The van der Waals surface area contributed by atoms with Gasteiger partial charge < -0.3 is 5.11 Å². The highest BCUT2D eigenvalue weighted by atomic mass is 35.5. The minimum Gasteiger partial charge on any atom is -0.378 e. The van der Waals surface area contributed by atoms with Gasteiger partial charge in [-0.2, -0.15) is 0 Å². The van der Waals surface area contributed by atoms with Gasteiger partial charge in [-0.3, -0.25) is 0 Å². The summed E-state index contributed by atoms with van der Waals surface area (Å²) < 4.78 is 14.7. The van der Waals surface area contributed by atoms with Crippen LogP contribution in [0.2, 0.25) is 10.0 Å². The summed E-state index contributed by atoms with van der Waals surface area (Å²) in [5.74, 6) is -0.370. The van der Waals surface area contributed by atoms with Crippen LogP contribution in [0.15, 0.2) is 61.4 Å². The van der Waals surface area contributed by atoms with Crippen molar-refractivity contribution in [1.82, 2.24) is 15.0 Å². The van der Waals surface area contributed by atoms with Gasteiger partial charge in [0.05, 0.1) is 22.8 Å². The summed E-state index contributed by atoms with van der Waals surface area (Å²) in [6, 6.07) is 10.6. The van der Waals surface area contributed by atoms with Crippen LogP contribution in [-0.4, -0.2) is 20.1 Å². The molecule has 128 valence electrons. The maximum atomic E-state index is 13.2. The van der Waals surface area contributed by atoms with E-state index >= 15 is 0 Å². The molecule has 0 saturated carbocycles. The number of nitrogens with zero attached hydrogens (tertiary/aromatic N) is 3. The molecule has 1 atom stereocenters. The summed E-state index contributed by atoms with van der Waals surface area (Å²) in [6.45, 7) is 4.08. The lowest BCUT2D eigenvalue weighted by atomic mass is 9.83. The van der Waals surface area contributed by atoms with Crippen molar-refractivity contribution >= 4 is 28.8 Å². The van der Waals surface area contributed by atoms with Gasteiger partial charge in [0, 0.05) is 6.20 Å². The first-order valence-electron chi connectivity index (χ1n) is 7.37. The van der Waals surface area contributed by atoms with E-state index in [2.05, 4.69) is 16.9 Å². The van der Waals surface area contributed by atoms with E-state index in [0.717, 1.165) is 0 Å². The van der Waals surface area contributed by atoms with Gasteiger partial charge in [-0.15, -0.1) is 5.10 Å². The molecule has 0 radical (unpaired) electrons. The SMILES string of the molecule is C=C(c1ccc(F)cc1)C(O)(Cn1ccnn1)c1ccc(Cl)c(Cl)c1. The number of hydrogen-bond donors (Lipinski definition) is 1. The highest BCUT2D eigenvalue weighted by Gasteiger charge is 2.35. The summed E-state index contributed by atoms with van der Waals surface area (Å²) in [5.41, 5.74) is -0.0806. The van der Waals surface area contributed by atoms with Crippen LogP contribution in [-0.2, 0) is 12.1 Å². The smallest absolute Gasteiger partial charge is 0.134 e. The Balaban J connectivity index is 2.08. The molecule has 7 heteroatoms. The van der Waals surface area contributed by atoms with E-state index in [1.54, 1.807) is 36.5 Å². The zero-order chi connectivity index (χ0) is 18.0. The molecule has 1 unspecified atom stereocenters. The third kappa shape index (κ3) is 3.58. The molecule has 0 aliphatic rings. The molecule has 0 spiro atoms. The zero-order valence-corrected chi connectivity index (χ0v) is 14.5. The van der Waals surface area contributed by atoms with Crippen molar-refractivity contribution in [1.29, 1.82) is 0 Å². The lowest BCUT2D eigenvalue weighted by Crippen LogP contribution is -2.33. The van der Waals surface area contributed by atoms with E-state index in [1.165, 1.54) is 23.0 Å². The molecule has 4 nitrogen and oxygen atoms in total. The molecule has 1 N–H and O–H groups in total. The molecule has 3 aromatic rings. The quantitative estimate of drug-likeness (QED) is 0.719. The maximum Gasteiger partial charge on any atom is 0.134 e. The Morgan fingerprint density at radius 2 is 1.88 bits per heavy atom. The third-order valence-corrected chi connectivity index (χ3v) is 4.69. The zero-order valence-electron chi connectivity index (χ0n) is 13.0. The molecule has 25 heavy (non-hydrogen) atoms. The van der Waals surface area contributed by atoms with Gasteiger partial charge >= 0.3 is 0 Å². The fraction of sp³-hybridized carbons (Fsp3) is 0.111. The van der Waals surface area contributed by atoms with Crippen LogP contribution in [0.1, 0.15) is 11.1 Å². The number of hydrogen-bond acceptors (Lipinski definition) is 3. The fourth-order valence-corrected chi connectivity index (χ4v) is 2.85. The van der Waals surface area contributed by atoms with E-state index in [4.69, 9.17) is 23.2 Å². The van der Waals surface area contributed by atoms with E-state index in [1.807, 2.05) is 0 Å². The summed E-state index contributed by atoms with van der Waals surface area (Å²) in [6.07, 6.45) is 3.14. The van der Waals surface area contributed by atoms with Crippen LogP contribution in [0, 0.1) is 5.82 Å². The lowest BCUT2D eigenvalue weighted by Gasteiger charge is -2.31. The molecule has 0 aliphatic heterocycles. The second-order valence-electron chi connectivity index (χ2n) is 5.58. The predicted molar refractivity (Wildman–Crippen MR) is 95.8 cm³/mol. The molecule has 0 aliphatic carbocycles. The van der Waals surface area contributed by atoms with Crippen molar-refractivity contribution in [2.24, 2.45) is 0 Å². The van der Waals surface area contributed by atoms with E-state index < -0.39 is 5.60 Å². The van der Waals surface area contributed by atoms with Crippen LogP contribution in [0.25, 0.3) is 5.57 Å². The number of halogens is 3. The van der Waals surface area contributed by atoms with Gasteiger partial charge in [0.2, 0.25) is 0 Å². The number of benzene rings is 2. The van der Waals surface area contributed by atoms with Gasteiger partial charge in [-0.25, -0.2) is 9.07 Å². The molecule has 0 bridgehead atoms. The molecule has 3 rings (SSSR count). The van der Waals surface area contributed by atoms with E-state index in [-0.39, 0.29) is 12.4 Å². The van der Waals surface area contributed by atoms with Crippen LogP contribution in [0.3, 0.4) is 0 Å². The van der Waals surface area contributed by atoms with Gasteiger partial charge in [0.1, 0.15) is 11.4 Å². The minimum atomic E-state index is -1.54. The van der Waals surface area contributed by atoms with Crippen LogP contribution >= 0.6 is 23.2 Å². The molecule has 0 saturated heterocycles. The fourth-order valence-electron chi connectivity index (χ4n) is 2.56. The molecule has 1 heterocycles. The summed E-state index contributed by atoms with van der Waals surface area (Å²) in [4.78, 5) is 0. The van der Waals surface area contributed by atoms with E-state index in [0.29, 0.717) is 26.7 Å². The average Bonchev–Trinajstić information content (AvgIpc) is 3.10. The Hall–Kier alpha value is -2.21. The van der Waals surface area contributed by atoms with Crippen molar-refractivity contribution in [2.75, 3.05) is 0 Å². The van der Waals surface area contributed by atoms with Crippen molar-refractivity contribution in [2.45, 2.75) is 12.1 Å². The molecular weight excluding hydrogens is 364 g/mol. The average molecular weight is 378 g/mol. The Bertz CT molecular complexity index is 897. The second kappa shape index (κ2) is 6.96. The first kappa shape index (κ1) is 17.6. The normalized spacial score (nSPS) is 13.4. The van der Waals surface area contributed by atoms with Gasteiger partial charge in [-0.05, 0) is 41.0 Å². The molecule has 1 aromatic heterocycles. The lowest BCUT2D eigenvalue weighted by molar-refractivity contribution is 0.0760. The van der Waals surface area contributed by atoms with E-state index in [9.17, 15) is 9.50 Å². The number of rotatable bonds is 5. The molecule has 0 amide bonds. The van der Waals surface area contributed by atoms with Crippen molar-refractivity contribution < 1.29 is 9.50 Å². The predicted octanol–water partition coefficient (Wildman–Crippen LogP) is 4.33. The van der Waals surface area contributed by atoms with Crippen molar-refractivity contribution in [3.8, 4) is 0 Å². The van der Waals surface area contributed by atoms with Gasteiger partial charge in [0.15, 0.2) is 0 Å². The molecular formula is C18H14Cl2FN3O. The highest BCUT2D eigenvalue weighted by Crippen LogP contribution is 2.38. The Labute approximate surface area is 154 Å². The highest BCUT2D eigenvalue weighted by molar-refractivity contribution is 6.42. The maximum absolute atomic E-state index is 13.2. The standard InChI is InChI=1S/C18H14Cl2FN3O/c1-12(13-2-5-15(21)6-3-13)18(25,11-24-9-8-22-23-24)14-4-7-16(19)17(20)10-14/h2-10,25H,1,11H2. The largest absolute Gasteiger partial charge is 0.378 e. The summed E-state index contributed by atoms with van der Waals surface area (Å²) in [5, 5.41) is 19.8. The van der Waals surface area contributed by atoms with Crippen LogP contribution < -0.4 is 0 Å². The third-order valence-electron chi connectivity index (χ3n) is 3.95. The Morgan fingerprint density at radius 1 is 1.16 bits per heavy atom. The van der Waals surface area contributed by atoms with Crippen molar-refractivity contribution in [3.05, 3.63) is 88.4 Å². The topological polar surface area (TPSA) is 50.9 Å². The second-order valence-corrected chi connectivity index (χ2v) is 6.39. The first-order chi connectivity index (χ1) is 11.9. The Kier molecular flexibility index (Phi) is 4.90. The number of aliphatic hydroxyl groups is 1. The Morgan fingerprint density at radius 3 is 2.48 bits per heavy atom. The van der Waals surface area contributed by atoms with Gasteiger partial charge in [0.25, 0.3) is 0 Å². The molecule has 2 aromatic carbocycles. The van der Waals surface area contributed by atoms with Crippen LogP contribution in [0.4, 0.5) is 4.39 Å². The first-order valence-corrected chi connectivity index (χ1v) is 8.13. The van der Waals surface area contributed by atoms with Gasteiger partial charge in [-0.1, -0.05) is 53.2 Å². The van der Waals surface area contributed by atoms with Crippen molar-refractivity contribution in [3.63, 3.8) is 0 Å². The monoisotopic (exact) mass is 377 g/mol. The molecule has 0 fully saturated rings. The van der Waals surface area contributed by atoms with Crippen LogP contribution in [0.5, 0.6) is 0 Å². The summed E-state index contributed by atoms with van der Waals surface area (Å²) >= 11 is 12.1. The minimum absolute atomic E-state index is 0.0567. The summed E-state index contributed by atoms with van der Waals surface area (Å²) in [7, 11) is 0. The number of aromatic nitrogens is 3.